The van der Waals surface area contributed by atoms with Crippen LogP contribution in [0.4, 0.5) is 0 Å². The molecular weight excluding hydrogens is 272 g/mol. The minimum Gasteiger partial charge on any atom is -0.211 e. The fourth-order valence-corrected chi connectivity index (χ4v) is 2.03. The fraction of sp³-hybridized carbons (Fsp3) is 0.250. The average Bonchev–Trinajstić information content (AvgIpc) is 2.09. The first kappa shape index (κ1) is 10.8. The van der Waals surface area contributed by atoms with Crippen LogP contribution in [-0.2, 0) is 0 Å². The summed E-state index contributed by atoms with van der Waals surface area (Å²) in [5.74, 6) is 2.78. The zero-order chi connectivity index (χ0) is 9.84. The van der Waals surface area contributed by atoms with E-state index < -0.39 is 0 Å². The molecule has 0 saturated heterocycles. The summed E-state index contributed by atoms with van der Waals surface area (Å²) in [5, 5.41) is 3.88. The first-order valence-electron chi connectivity index (χ1n) is 3.43. The van der Waals surface area contributed by atoms with Gasteiger partial charge in [0, 0.05) is 5.56 Å². The van der Waals surface area contributed by atoms with Crippen LogP contribution in [0.1, 0.15) is 12.5 Å². The lowest BCUT2D eigenvalue weighted by atomic mass is 10.4. The van der Waals surface area contributed by atoms with Crippen LogP contribution in [0.25, 0.3) is 0 Å². The molecule has 0 aliphatic rings. The molecule has 2 nitrogen and oxygen atoms in total. The fourth-order valence-electron chi connectivity index (χ4n) is 0.644. The van der Waals surface area contributed by atoms with E-state index in [4.69, 9.17) is 11.6 Å². The summed E-state index contributed by atoms with van der Waals surface area (Å²) in [7, 11) is 0. The monoisotopic (exact) mass is 276 g/mol. The Balaban J connectivity index is 3.10. The molecule has 1 rings (SSSR count). The van der Waals surface area contributed by atoms with Gasteiger partial charge in [-0.25, -0.2) is 9.97 Å². The van der Waals surface area contributed by atoms with Crippen LogP contribution in [-0.4, -0.2) is 9.97 Å². The van der Waals surface area contributed by atoms with Gasteiger partial charge in [-0.2, -0.15) is 0 Å². The van der Waals surface area contributed by atoms with E-state index in [0.29, 0.717) is 4.60 Å². The Bertz CT molecular complexity index is 384. The Morgan fingerprint density at radius 1 is 1.46 bits per heavy atom. The maximum atomic E-state index is 5.69. The zero-order valence-electron chi connectivity index (χ0n) is 7.06. The molecule has 0 amide bonds. The number of rotatable bonds is 1. The lowest BCUT2D eigenvalue weighted by molar-refractivity contribution is 0.986. The molecule has 0 aliphatic carbocycles. The summed E-state index contributed by atoms with van der Waals surface area (Å²) in [6.45, 7) is 3.69. The van der Waals surface area contributed by atoms with Gasteiger partial charge in [-0.1, -0.05) is 5.92 Å². The van der Waals surface area contributed by atoms with Gasteiger partial charge in [0.1, 0.15) is 9.63 Å². The van der Waals surface area contributed by atoms with E-state index in [1.165, 1.54) is 11.8 Å². The van der Waals surface area contributed by atoms with Crippen molar-refractivity contribution in [1.29, 1.82) is 0 Å². The lowest BCUT2D eigenvalue weighted by Gasteiger charge is -2.01. The van der Waals surface area contributed by atoms with Crippen molar-refractivity contribution in [3.63, 3.8) is 0 Å². The van der Waals surface area contributed by atoms with E-state index in [1.807, 2.05) is 6.92 Å². The van der Waals surface area contributed by atoms with Crippen molar-refractivity contribution in [2.75, 3.05) is 0 Å². The summed E-state index contributed by atoms with van der Waals surface area (Å²) in [5.41, 5.74) is 0.956. The second-order valence-corrected chi connectivity index (χ2v) is 4.05. The first-order valence-corrected chi connectivity index (χ1v) is 5.42. The smallest absolute Gasteiger partial charge is 0.211 e. The van der Waals surface area contributed by atoms with E-state index in [-0.39, 0.29) is 5.28 Å². The van der Waals surface area contributed by atoms with Crippen LogP contribution in [0.3, 0.4) is 0 Å². The van der Waals surface area contributed by atoms with Crippen LogP contribution < -0.4 is 0 Å². The molecule has 13 heavy (non-hydrogen) atoms. The van der Waals surface area contributed by atoms with Gasteiger partial charge in [0.25, 0.3) is 0 Å². The van der Waals surface area contributed by atoms with Crippen LogP contribution >= 0.6 is 39.3 Å². The van der Waals surface area contributed by atoms with Crippen molar-refractivity contribution in [2.24, 2.45) is 0 Å². The third-order valence-electron chi connectivity index (χ3n) is 1.26. The molecule has 1 heterocycles. The summed E-state index contributed by atoms with van der Waals surface area (Å²) in [6.07, 6.45) is 0. The highest BCUT2D eigenvalue weighted by Crippen LogP contribution is 2.25. The topological polar surface area (TPSA) is 25.8 Å². The quantitative estimate of drug-likeness (QED) is 0.341. The van der Waals surface area contributed by atoms with Gasteiger partial charge in [0.15, 0.2) is 0 Å². The van der Waals surface area contributed by atoms with Crippen molar-refractivity contribution >= 4 is 39.3 Å². The zero-order valence-corrected chi connectivity index (χ0v) is 10.2. The molecule has 0 N–H and O–H groups in total. The molecule has 0 aromatic carbocycles. The molecule has 1 aromatic rings. The Kier molecular flexibility index (Phi) is 4.04. The molecule has 1 aromatic heterocycles. The number of aromatic nitrogens is 2. The first-order chi connectivity index (χ1) is 6.15. The largest absolute Gasteiger partial charge is 0.224 e. The summed E-state index contributed by atoms with van der Waals surface area (Å²) in [4.78, 5) is 8.01. The molecule has 0 radical (unpaired) electrons. The SMILES string of the molecule is CC#CSc1nc(Cl)nc(Br)c1C. The van der Waals surface area contributed by atoms with Crippen molar-refractivity contribution in [1.82, 2.24) is 9.97 Å². The van der Waals surface area contributed by atoms with E-state index in [0.717, 1.165) is 10.6 Å². The molecule has 0 atom stereocenters. The Hall–Kier alpha value is -0.240. The van der Waals surface area contributed by atoms with Crippen LogP contribution in [0.5, 0.6) is 0 Å². The lowest BCUT2D eigenvalue weighted by Crippen LogP contribution is -1.91. The molecule has 0 bridgehead atoms. The number of hydrogen-bond acceptors (Lipinski definition) is 3. The second-order valence-electron chi connectivity index (χ2n) is 2.17. The summed E-state index contributed by atoms with van der Waals surface area (Å²) < 4.78 is 0.716. The van der Waals surface area contributed by atoms with Gasteiger partial charge in [0.05, 0.1) is 0 Å². The van der Waals surface area contributed by atoms with Crippen molar-refractivity contribution < 1.29 is 0 Å². The minimum absolute atomic E-state index is 0.234. The highest BCUT2D eigenvalue weighted by atomic mass is 79.9. The van der Waals surface area contributed by atoms with Crippen LogP contribution in [0.2, 0.25) is 5.28 Å². The van der Waals surface area contributed by atoms with E-state index in [9.17, 15) is 0 Å². The summed E-state index contributed by atoms with van der Waals surface area (Å²) >= 11 is 10.3. The van der Waals surface area contributed by atoms with Crippen molar-refractivity contribution in [3.8, 4) is 11.2 Å². The van der Waals surface area contributed by atoms with Gasteiger partial charge in [0.2, 0.25) is 5.28 Å². The van der Waals surface area contributed by atoms with Gasteiger partial charge in [-0.05, 0) is 58.4 Å². The second kappa shape index (κ2) is 4.85. The number of nitrogens with zero attached hydrogens (tertiary/aromatic N) is 2. The maximum Gasteiger partial charge on any atom is 0.224 e. The normalized spacial score (nSPS) is 9.23. The number of hydrogen-bond donors (Lipinski definition) is 0. The van der Waals surface area contributed by atoms with Crippen LogP contribution in [0, 0.1) is 18.1 Å². The standard InChI is InChI=1S/C8H6BrClN2S/c1-3-4-13-7-5(2)6(9)11-8(10)12-7/h1-2H3. The van der Waals surface area contributed by atoms with E-state index in [1.54, 1.807) is 6.92 Å². The maximum absolute atomic E-state index is 5.69. The molecule has 5 heteroatoms. The van der Waals surface area contributed by atoms with Gasteiger partial charge in [-0.15, -0.1) is 0 Å². The Labute approximate surface area is 94.6 Å². The molecule has 0 saturated carbocycles. The molecule has 0 spiro atoms. The molecule has 0 aliphatic heterocycles. The molecular formula is C8H6BrClN2S. The van der Waals surface area contributed by atoms with E-state index >= 15 is 0 Å². The molecule has 0 fully saturated rings. The average molecular weight is 278 g/mol. The van der Waals surface area contributed by atoms with Crippen LogP contribution in [0.15, 0.2) is 9.63 Å². The molecule has 0 unspecified atom stereocenters. The van der Waals surface area contributed by atoms with Crippen molar-refractivity contribution in [2.45, 2.75) is 18.9 Å². The van der Waals surface area contributed by atoms with Gasteiger partial charge < -0.3 is 0 Å². The highest BCUT2D eigenvalue weighted by Gasteiger charge is 2.06. The predicted octanol–water partition coefficient (Wildman–Crippen LogP) is 3.27. The number of thioether (sulfide) groups is 1. The number of halogens is 2. The predicted molar refractivity (Wildman–Crippen MR) is 58.8 cm³/mol. The minimum atomic E-state index is 0.234. The van der Waals surface area contributed by atoms with Crippen molar-refractivity contribution in [3.05, 3.63) is 15.5 Å². The highest BCUT2D eigenvalue weighted by molar-refractivity contribution is 9.10. The van der Waals surface area contributed by atoms with E-state index in [2.05, 4.69) is 37.1 Å². The third-order valence-corrected chi connectivity index (χ3v) is 3.10. The third kappa shape index (κ3) is 2.87. The van der Waals surface area contributed by atoms with Gasteiger partial charge >= 0.3 is 0 Å². The Morgan fingerprint density at radius 2 is 2.15 bits per heavy atom. The van der Waals surface area contributed by atoms with Gasteiger partial charge in [-0.3, -0.25) is 0 Å². The summed E-state index contributed by atoms with van der Waals surface area (Å²) in [6, 6.07) is 0. The Morgan fingerprint density at radius 3 is 2.77 bits per heavy atom. The molecule has 68 valence electrons.